The van der Waals surface area contributed by atoms with Crippen LogP contribution >= 0.6 is 11.8 Å². The first-order chi connectivity index (χ1) is 9.44. The molecule has 0 saturated heterocycles. The van der Waals surface area contributed by atoms with Gasteiger partial charge in [-0.2, -0.15) is 0 Å². The maximum atomic E-state index is 6.40. The van der Waals surface area contributed by atoms with Crippen LogP contribution in [-0.2, 0) is 0 Å². The molecule has 1 aromatic rings. The Balaban J connectivity index is 2.08. The predicted molar refractivity (Wildman–Crippen MR) is 90.2 cm³/mol. The summed E-state index contributed by atoms with van der Waals surface area (Å²) in [6.07, 6.45) is 5.00. The third-order valence-corrected chi connectivity index (χ3v) is 6.79. The molecule has 3 atom stereocenters. The highest BCUT2D eigenvalue weighted by molar-refractivity contribution is 8.00. The minimum atomic E-state index is 0.350. The zero-order chi connectivity index (χ0) is 14.8. The third-order valence-electron chi connectivity index (χ3n) is 5.23. The molecule has 0 aliphatic heterocycles. The molecule has 3 unspecified atom stereocenters. The van der Waals surface area contributed by atoms with E-state index >= 15 is 0 Å². The Kier molecular flexibility index (Phi) is 5.19. The Morgan fingerprint density at radius 3 is 2.60 bits per heavy atom. The van der Waals surface area contributed by atoms with Crippen LogP contribution in [0.15, 0.2) is 29.2 Å². The first-order valence-electron chi connectivity index (χ1n) is 7.92. The van der Waals surface area contributed by atoms with E-state index in [0.717, 1.165) is 5.92 Å². The summed E-state index contributed by atoms with van der Waals surface area (Å²) in [6, 6.07) is 9.04. The molecule has 20 heavy (non-hydrogen) atoms. The number of thioether (sulfide) groups is 1. The Bertz CT molecular complexity index is 441. The Hall–Kier alpha value is -0.470. The molecule has 2 N–H and O–H groups in total. The van der Waals surface area contributed by atoms with Crippen LogP contribution in [0.1, 0.15) is 52.0 Å². The highest BCUT2D eigenvalue weighted by atomic mass is 32.2. The van der Waals surface area contributed by atoms with E-state index in [1.165, 1.54) is 36.1 Å². The zero-order valence-electron chi connectivity index (χ0n) is 13.4. The average Bonchev–Trinajstić information content (AvgIpc) is 2.43. The maximum absolute atomic E-state index is 6.40. The summed E-state index contributed by atoms with van der Waals surface area (Å²) in [5, 5.41) is 0.570. The summed E-state index contributed by atoms with van der Waals surface area (Å²) in [4.78, 5) is 1.41. The molecule has 112 valence electrons. The lowest BCUT2D eigenvalue weighted by molar-refractivity contribution is 0.148. The van der Waals surface area contributed by atoms with Gasteiger partial charge in [0.2, 0.25) is 0 Å². The molecular formula is C18H29NS. The smallest absolute Gasteiger partial charge is 0.0249 e. The van der Waals surface area contributed by atoms with Gasteiger partial charge in [0.25, 0.3) is 0 Å². The first-order valence-corrected chi connectivity index (χ1v) is 8.80. The highest BCUT2D eigenvalue weighted by Gasteiger charge is 2.36. The molecular weight excluding hydrogens is 262 g/mol. The van der Waals surface area contributed by atoms with Gasteiger partial charge in [0.05, 0.1) is 0 Å². The minimum absolute atomic E-state index is 0.350. The van der Waals surface area contributed by atoms with E-state index in [1.54, 1.807) is 0 Å². The molecule has 0 heterocycles. The van der Waals surface area contributed by atoms with Crippen molar-refractivity contribution < 1.29 is 0 Å². The van der Waals surface area contributed by atoms with E-state index < -0.39 is 0 Å². The Morgan fingerprint density at radius 1 is 1.25 bits per heavy atom. The van der Waals surface area contributed by atoms with Crippen molar-refractivity contribution in [2.75, 3.05) is 0 Å². The van der Waals surface area contributed by atoms with Gasteiger partial charge < -0.3 is 5.73 Å². The molecule has 0 bridgehead atoms. The quantitative estimate of drug-likeness (QED) is 0.843. The van der Waals surface area contributed by atoms with Gasteiger partial charge in [-0.1, -0.05) is 45.4 Å². The molecule has 1 fully saturated rings. The lowest BCUT2D eigenvalue weighted by Crippen LogP contribution is -2.42. The summed E-state index contributed by atoms with van der Waals surface area (Å²) in [5.41, 5.74) is 8.23. The number of hydrogen-bond acceptors (Lipinski definition) is 2. The Morgan fingerprint density at radius 2 is 1.95 bits per heavy atom. The lowest BCUT2D eigenvalue weighted by Gasteiger charge is -2.42. The van der Waals surface area contributed by atoms with Crippen molar-refractivity contribution in [2.24, 2.45) is 17.1 Å². The summed E-state index contributed by atoms with van der Waals surface area (Å²) in [7, 11) is 0. The fourth-order valence-corrected chi connectivity index (χ4v) is 4.51. The highest BCUT2D eigenvalue weighted by Crippen LogP contribution is 2.44. The molecule has 2 heteroatoms. The number of nitrogens with two attached hydrogens (primary N) is 1. The van der Waals surface area contributed by atoms with E-state index in [0.29, 0.717) is 16.7 Å². The van der Waals surface area contributed by atoms with Gasteiger partial charge in [0.1, 0.15) is 0 Å². The largest absolute Gasteiger partial charge is 0.327 e. The van der Waals surface area contributed by atoms with Gasteiger partial charge in [-0.05, 0) is 49.1 Å². The topological polar surface area (TPSA) is 26.0 Å². The molecule has 0 aromatic heterocycles. The third kappa shape index (κ3) is 3.59. The van der Waals surface area contributed by atoms with E-state index in [1.807, 2.05) is 11.8 Å². The van der Waals surface area contributed by atoms with E-state index in [9.17, 15) is 0 Å². The minimum Gasteiger partial charge on any atom is -0.327 e. The van der Waals surface area contributed by atoms with Crippen molar-refractivity contribution in [3.8, 4) is 0 Å². The maximum Gasteiger partial charge on any atom is 0.0249 e. The number of hydrogen-bond donors (Lipinski definition) is 1. The molecule has 0 spiro atoms. The van der Waals surface area contributed by atoms with Crippen molar-refractivity contribution in [1.82, 2.24) is 0 Å². The van der Waals surface area contributed by atoms with Crippen LogP contribution in [0.3, 0.4) is 0 Å². The zero-order valence-corrected chi connectivity index (χ0v) is 14.2. The molecule has 2 rings (SSSR count). The second kappa shape index (κ2) is 6.53. The average molecular weight is 292 g/mol. The van der Waals surface area contributed by atoms with Gasteiger partial charge in [0, 0.05) is 16.2 Å². The Labute approximate surface area is 128 Å². The predicted octanol–water partition coefficient (Wildman–Crippen LogP) is 5.02. The molecule has 1 nitrogen and oxygen atoms in total. The van der Waals surface area contributed by atoms with Crippen LogP contribution in [0.4, 0.5) is 0 Å². The van der Waals surface area contributed by atoms with Crippen molar-refractivity contribution >= 4 is 11.8 Å². The normalized spacial score (nSPS) is 27.6. The molecule has 0 amide bonds. The first kappa shape index (κ1) is 15.9. The SMILES string of the molecule is CCC(C)(C)C1CCC(N)C(Sc2ccccc2C)C1. The van der Waals surface area contributed by atoms with Crippen molar-refractivity contribution in [3.05, 3.63) is 29.8 Å². The van der Waals surface area contributed by atoms with E-state index in [2.05, 4.69) is 52.0 Å². The van der Waals surface area contributed by atoms with Crippen LogP contribution in [-0.4, -0.2) is 11.3 Å². The lowest BCUT2D eigenvalue weighted by atomic mass is 9.69. The summed E-state index contributed by atoms with van der Waals surface area (Å²) >= 11 is 2.00. The van der Waals surface area contributed by atoms with Gasteiger partial charge in [-0.25, -0.2) is 0 Å². The van der Waals surface area contributed by atoms with Crippen molar-refractivity contribution in [3.63, 3.8) is 0 Å². The fourth-order valence-electron chi connectivity index (χ4n) is 3.14. The van der Waals surface area contributed by atoms with Crippen LogP contribution in [0, 0.1) is 18.3 Å². The van der Waals surface area contributed by atoms with Crippen LogP contribution in [0.2, 0.25) is 0 Å². The summed E-state index contributed by atoms with van der Waals surface area (Å²) in [5.74, 6) is 0.814. The standard InChI is InChI=1S/C18H29NS/c1-5-18(3,4)14-10-11-15(19)17(12-14)20-16-9-7-6-8-13(16)2/h6-9,14-15,17H,5,10-12,19H2,1-4H3. The molecule has 1 aliphatic carbocycles. The molecule has 1 saturated carbocycles. The number of rotatable bonds is 4. The molecule has 0 radical (unpaired) electrons. The van der Waals surface area contributed by atoms with E-state index in [-0.39, 0.29) is 0 Å². The number of benzene rings is 1. The molecule has 1 aliphatic rings. The van der Waals surface area contributed by atoms with E-state index in [4.69, 9.17) is 5.73 Å². The van der Waals surface area contributed by atoms with Crippen molar-refractivity contribution in [1.29, 1.82) is 0 Å². The van der Waals surface area contributed by atoms with Gasteiger partial charge >= 0.3 is 0 Å². The monoisotopic (exact) mass is 291 g/mol. The second-order valence-electron chi connectivity index (χ2n) is 6.94. The van der Waals surface area contributed by atoms with Gasteiger partial charge in [-0.3, -0.25) is 0 Å². The van der Waals surface area contributed by atoms with Gasteiger partial charge in [-0.15, -0.1) is 11.8 Å². The van der Waals surface area contributed by atoms with Crippen molar-refractivity contribution in [2.45, 2.75) is 69.6 Å². The van der Waals surface area contributed by atoms with Crippen LogP contribution < -0.4 is 5.73 Å². The molecule has 1 aromatic carbocycles. The van der Waals surface area contributed by atoms with Crippen LogP contribution in [0.5, 0.6) is 0 Å². The van der Waals surface area contributed by atoms with Crippen LogP contribution in [0.25, 0.3) is 0 Å². The van der Waals surface area contributed by atoms with Gasteiger partial charge in [0.15, 0.2) is 0 Å². The number of aryl methyl sites for hydroxylation is 1. The summed E-state index contributed by atoms with van der Waals surface area (Å²) in [6.45, 7) is 9.36. The second-order valence-corrected chi connectivity index (χ2v) is 8.22. The fraction of sp³-hybridized carbons (Fsp3) is 0.667. The summed E-state index contributed by atoms with van der Waals surface area (Å²) < 4.78 is 0.